The van der Waals surface area contributed by atoms with Gasteiger partial charge in [0.2, 0.25) is 5.91 Å². The number of hydrogen-bond donors (Lipinski definition) is 2. The maximum Gasteiger partial charge on any atom is 0.223 e. The zero-order valence-electron chi connectivity index (χ0n) is 11.8. The highest BCUT2D eigenvalue weighted by molar-refractivity contribution is 6.34. The second-order valence-corrected chi connectivity index (χ2v) is 6.21. The van der Waals surface area contributed by atoms with Crippen molar-refractivity contribution in [3.8, 4) is 0 Å². The van der Waals surface area contributed by atoms with Gasteiger partial charge in [0, 0.05) is 29.6 Å². The summed E-state index contributed by atoms with van der Waals surface area (Å²) in [6, 6.07) is 5.39. The van der Waals surface area contributed by atoms with Crippen LogP contribution in [-0.4, -0.2) is 37.4 Å². The number of methoxy groups -OCH3 is 1. The van der Waals surface area contributed by atoms with Crippen molar-refractivity contribution in [3.05, 3.63) is 33.8 Å². The summed E-state index contributed by atoms with van der Waals surface area (Å²) < 4.78 is 4.83. The Kier molecular flexibility index (Phi) is 5.88. The molecule has 1 amide bonds. The number of carbonyl (C=O) groups is 1. The zero-order chi connectivity index (χ0) is 15.4. The molecule has 2 N–H and O–H groups in total. The quantitative estimate of drug-likeness (QED) is 0.807. The summed E-state index contributed by atoms with van der Waals surface area (Å²) >= 11 is 11.9. The molecule has 0 aromatic heterocycles. The van der Waals surface area contributed by atoms with Gasteiger partial charge in [-0.15, -0.1) is 0 Å². The van der Waals surface area contributed by atoms with Gasteiger partial charge in [0.1, 0.15) is 0 Å². The molecule has 1 aliphatic rings. The minimum atomic E-state index is -0.544. The molecule has 0 bridgehead atoms. The Labute approximate surface area is 134 Å². The molecule has 4 nitrogen and oxygen atoms in total. The molecular weight excluding hydrogens is 313 g/mol. The lowest BCUT2D eigenvalue weighted by molar-refractivity contribution is -0.122. The van der Waals surface area contributed by atoms with Crippen LogP contribution < -0.4 is 5.32 Å². The Bertz CT molecular complexity index is 489. The summed E-state index contributed by atoms with van der Waals surface area (Å²) in [5, 5.41) is 13.5. The van der Waals surface area contributed by atoms with Crippen LogP contribution in [0.3, 0.4) is 0 Å². The zero-order valence-corrected chi connectivity index (χ0v) is 13.3. The van der Waals surface area contributed by atoms with Crippen molar-refractivity contribution < 1.29 is 14.6 Å². The van der Waals surface area contributed by atoms with Crippen LogP contribution in [0.2, 0.25) is 10.0 Å². The highest BCUT2D eigenvalue weighted by atomic mass is 35.5. The van der Waals surface area contributed by atoms with E-state index in [-0.39, 0.29) is 24.3 Å². The van der Waals surface area contributed by atoms with E-state index in [2.05, 4.69) is 5.32 Å². The fourth-order valence-corrected chi connectivity index (χ4v) is 2.95. The summed E-state index contributed by atoms with van der Waals surface area (Å²) in [4.78, 5) is 12.0. The molecule has 0 radical (unpaired) electrons. The second-order valence-electron chi connectivity index (χ2n) is 5.34. The van der Waals surface area contributed by atoms with Crippen molar-refractivity contribution >= 4 is 29.1 Å². The van der Waals surface area contributed by atoms with Crippen molar-refractivity contribution in [2.45, 2.75) is 24.9 Å². The van der Waals surface area contributed by atoms with E-state index in [0.29, 0.717) is 23.0 Å². The monoisotopic (exact) mass is 331 g/mol. The number of hydrogen-bond acceptors (Lipinski definition) is 3. The van der Waals surface area contributed by atoms with Gasteiger partial charge in [-0.1, -0.05) is 23.2 Å². The SMILES string of the molecule is COCC(O)CCNC(=O)C1CC1c1cc(Cl)cc(Cl)c1. The summed E-state index contributed by atoms with van der Waals surface area (Å²) in [6.07, 6.45) is 0.750. The van der Waals surface area contributed by atoms with Crippen molar-refractivity contribution in [1.82, 2.24) is 5.32 Å². The lowest BCUT2D eigenvalue weighted by Crippen LogP contribution is -2.29. The molecule has 1 aliphatic carbocycles. The van der Waals surface area contributed by atoms with Crippen LogP contribution in [0.1, 0.15) is 24.3 Å². The fraction of sp³-hybridized carbons (Fsp3) is 0.533. The average molecular weight is 332 g/mol. The number of nitrogens with one attached hydrogen (secondary N) is 1. The first-order chi connectivity index (χ1) is 10.0. The number of aliphatic hydroxyl groups excluding tert-OH is 1. The molecule has 0 aliphatic heterocycles. The topological polar surface area (TPSA) is 58.6 Å². The molecule has 1 saturated carbocycles. The predicted molar refractivity (Wildman–Crippen MR) is 82.8 cm³/mol. The first kappa shape index (κ1) is 16.6. The van der Waals surface area contributed by atoms with Crippen molar-refractivity contribution in [1.29, 1.82) is 0 Å². The largest absolute Gasteiger partial charge is 0.391 e. The first-order valence-corrected chi connectivity index (χ1v) is 7.67. The van der Waals surface area contributed by atoms with E-state index in [1.165, 1.54) is 7.11 Å². The van der Waals surface area contributed by atoms with Crippen molar-refractivity contribution in [3.63, 3.8) is 0 Å². The normalized spacial score (nSPS) is 21.9. The van der Waals surface area contributed by atoms with Crippen LogP contribution in [0.5, 0.6) is 0 Å². The summed E-state index contributed by atoms with van der Waals surface area (Å²) in [5.74, 6) is 0.171. The third-order valence-electron chi connectivity index (χ3n) is 3.58. The minimum absolute atomic E-state index is 0.0146. The Morgan fingerprint density at radius 1 is 1.43 bits per heavy atom. The number of amides is 1. The lowest BCUT2D eigenvalue weighted by Gasteiger charge is -2.10. The molecule has 1 aromatic rings. The van der Waals surface area contributed by atoms with Crippen LogP contribution >= 0.6 is 23.2 Å². The van der Waals surface area contributed by atoms with Gasteiger partial charge in [-0.05, 0) is 42.5 Å². The Balaban J connectivity index is 1.78. The third-order valence-corrected chi connectivity index (χ3v) is 4.01. The standard InChI is InChI=1S/C15H19Cl2NO3/c1-21-8-12(19)2-3-18-15(20)14-7-13(14)9-4-10(16)6-11(17)5-9/h4-6,12-14,19H,2-3,7-8H2,1H3,(H,18,20). The second kappa shape index (κ2) is 7.45. The molecule has 0 heterocycles. The van der Waals surface area contributed by atoms with Gasteiger partial charge in [-0.3, -0.25) is 4.79 Å². The highest BCUT2D eigenvalue weighted by Crippen LogP contribution is 2.48. The van der Waals surface area contributed by atoms with E-state index in [1.54, 1.807) is 6.07 Å². The van der Waals surface area contributed by atoms with Gasteiger partial charge in [0.15, 0.2) is 0 Å². The number of carbonyl (C=O) groups excluding carboxylic acids is 1. The van der Waals surface area contributed by atoms with Crippen molar-refractivity contribution in [2.75, 3.05) is 20.3 Å². The lowest BCUT2D eigenvalue weighted by atomic mass is 10.1. The molecule has 6 heteroatoms. The van der Waals surface area contributed by atoms with Crippen LogP contribution in [-0.2, 0) is 9.53 Å². The van der Waals surface area contributed by atoms with Gasteiger partial charge < -0.3 is 15.2 Å². The molecule has 1 fully saturated rings. The average Bonchev–Trinajstić information content (AvgIpc) is 3.18. The van der Waals surface area contributed by atoms with Crippen LogP contribution in [0.15, 0.2) is 18.2 Å². The summed E-state index contributed by atoms with van der Waals surface area (Å²) in [6.45, 7) is 0.728. The number of rotatable bonds is 7. The molecule has 1 aromatic carbocycles. The molecule has 21 heavy (non-hydrogen) atoms. The molecular formula is C15H19Cl2NO3. The smallest absolute Gasteiger partial charge is 0.223 e. The Hall–Kier alpha value is -0.810. The number of ether oxygens (including phenoxy) is 1. The molecule has 2 rings (SSSR count). The Morgan fingerprint density at radius 3 is 2.71 bits per heavy atom. The van der Waals surface area contributed by atoms with Gasteiger partial charge in [0.05, 0.1) is 12.7 Å². The molecule has 0 saturated heterocycles. The van der Waals surface area contributed by atoms with Crippen LogP contribution in [0, 0.1) is 5.92 Å². The Morgan fingerprint density at radius 2 is 2.10 bits per heavy atom. The van der Waals surface area contributed by atoms with E-state index in [9.17, 15) is 9.90 Å². The maximum atomic E-state index is 12.0. The van der Waals surface area contributed by atoms with E-state index in [4.69, 9.17) is 27.9 Å². The molecule has 3 unspecified atom stereocenters. The number of aliphatic hydroxyl groups is 1. The van der Waals surface area contributed by atoms with E-state index in [1.807, 2.05) is 12.1 Å². The summed E-state index contributed by atoms with van der Waals surface area (Å²) in [5.41, 5.74) is 1.01. The third kappa shape index (κ3) is 4.85. The van der Waals surface area contributed by atoms with E-state index in [0.717, 1.165) is 12.0 Å². The van der Waals surface area contributed by atoms with Crippen LogP contribution in [0.4, 0.5) is 0 Å². The van der Waals surface area contributed by atoms with Gasteiger partial charge in [-0.2, -0.15) is 0 Å². The van der Waals surface area contributed by atoms with Gasteiger partial charge >= 0.3 is 0 Å². The number of halogens is 2. The van der Waals surface area contributed by atoms with Gasteiger partial charge in [-0.25, -0.2) is 0 Å². The fourth-order valence-electron chi connectivity index (χ4n) is 2.41. The molecule has 116 valence electrons. The number of benzene rings is 1. The van der Waals surface area contributed by atoms with Gasteiger partial charge in [0.25, 0.3) is 0 Å². The maximum absolute atomic E-state index is 12.0. The van der Waals surface area contributed by atoms with E-state index >= 15 is 0 Å². The molecule has 3 atom stereocenters. The summed E-state index contributed by atoms with van der Waals surface area (Å²) in [7, 11) is 1.53. The molecule has 0 spiro atoms. The minimum Gasteiger partial charge on any atom is -0.391 e. The van der Waals surface area contributed by atoms with Crippen molar-refractivity contribution in [2.24, 2.45) is 5.92 Å². The predicted octanol–water partition coefficient (Wildman–Crippen LogP) is 2.61. The first-order valence-electron chi connectivity index (χ1n) is 6.92. The van der Waals surface area contributed by atoms with E-state index < -0.39 is 6.10 Å². The van der Waals surface area contributed by atoms with Crippen LogP contribution in [0.25, 0.3) is 0 Å². The highest BCUT2D eigenvalue weighted by Gasteiger charge is 2.43.